The van der Waals surface area contributed by atoms with E-state index < -0.39 is 0 Å². The van der Waals surface area contributed by atoms with Crippen LogP contribution in [-0.2, 0) is 16.6 Å². The Balaban J connectivity index is 1.97. The summed E-state index contributed by atoms with van der Waals surface area (Å²) in [4.78, 5) is 12.8. The molecule has 0 fully saturated rings. The van der Waals surface area contributed by atoms with Crippen LogP contribution >= 0.6 is 22.7 Å². The van der Waals surface area contributed by atoms with Crippen molar-refractivity contribution in [3.05, 3.63) is 27.4 Å². The number of rotatable bonds is 3. The van der Waals surface area contributed by atoms with Crippen LogP contribution in [0.15, 0.2) is 17.5 Å². The van der Waals surface area contributed by atoms with Crippen LogP contribution in [0.3, 0.4) is 0 Å². The second kappa shape index (κ2) is 5.16. The van der Waals surface area contributed by atoms with Crippen molar-refractivity contribution in [1.29, 1.82) is 0 Å². The van der Waals surface area contributed by atoms with Gasteiger partial charge >= 0.3 is 0 Å². The van der Waals surface area contributed by atoms with E-state index >= 15 is 0 Å². The molecule has 0 aliphatic rings. The van der Waals surface area contributed by atoms with Crippen LogP contribution in [0.5, 0.6) is 0 Å². The summed E-state index contributed by atoms with van der Waals surface area (Å²) in [5, 5.41) is 14.3. The van der Waals surface area contributed by atoms with Crippen LogP contribution in [-0.4, -0.2) is 16.1 Å². The molecule has 0 saturated heterocycles. The third-order valence-corrected chi connectivity index (χ3v) is 4.37. The van der Waals surface area contributed by atoms with Gasteiger partial charge in [-0.15, -0.1) is 21.5 Å². The molecule has 96 valence electrons. The number of hydrogen-bond acceptors (Lipinski definition) is 5. The summed E-state index contributed by atoms with van der Waals surface area (Å²) in [7, 11) is 0. The minimum absolute atomic E-state index is 0.0333. The fraction of sp³-hybridized carbons (Fsp3) is 0.417. The van der Waals surface area contributed by atoms with E-state index in [-0.39, 0.29) is 11.3 Å². The molecule has 4 nitrogen and oxygen atoms in total. The molecule has 0 unspecified atom stereocenters. The van der Waals surface area contributed by atoms with Crippen molar-refractivity contribution in [2.45, 2.75) is 32.6 Å². The third-order valence-electron chi connectivity index (χ3n) is 2.23. The first kappa shape index (κ1) is 13.2. The average molecular weight is 281 g/mol. The Labute approximate surface area is 114 Å². The van der Waals surface area contributed by atoms with E-state index in [0.29, 0.717) is 11.6 Å². The van der Waals surface area contributed by atoms with Gasteiger partial charge in [-0.05, 0) is 11.4 Å². The molecular weight excluding hydrogens is 266 g/mol. The van der Waals surface area contributed by atoms with Gasteiger partial charge in [0.15, 0.2) is 0 Å². The van der Waals surface area contributed by atoms with Gasteiger partial charge in [0.05, 0.1) is 6.42 Å². The minimum atomic E-state index is -0.0472. The van der Waals surface area contributed by atoms with Crippen LogP contribution in [0.2, 0.25) is 0 Å². The third kappa shape index (κ3) is 3.36. The molecule has 2 heterocycles. The van der Waals surface area contributed by atoms with Gasteiger partial charge in [0, 0.05) is 10.3 Å². The van der Waals surface area contributed by atoms with Gasteiger partial charge < -0.3 is 5.32 Å². The van der Waals surface area contributed by atoms with Crippen molar-refractivity contribution in [3.8, 4) is 0 Å². The van der Waals surface area contributed by atoms with E-state index in [1.807, 2.05) is 17.5 Å². The molecule has 0 atom stereocenters. The van der Waals surface area contributed by atoms with Crippen molar-refractivity contribution in [2.75, 3.05) is 5.32 Å². The standard InChI is InChI=1S/C12H15N3OS2/c1-12(2,3)10-14-15-11(18-10)13-9(16)7-8-5-4-6-17-8/h4-6H,7H2,1-3H3,(H,13,15,16). The van der Waals surface area contributed by atoms with Gasteiger partial charge in [-0.2, -0.15) is 0 Å². The van der Waals surface area contributed by atoms with E-state index in [0.717, 1.165) is 9.88 Å². The highest BCUT2D eigenvalue weighted by Crippen LogP contribution is 2.27. The SMILES string of the molecule is CC(C)(C)c1nnc(NC(=O)Cc2cccs2)s1. The number of anilines is 1. The molecule has 0 bridgehead atoms. The first-order chi connectivity index (χ1) is 8.45. The maximum Gasteiger partial charge on any atom is 0.231 e. The Morgan fingerprint density at radius 1 is 1.39 bits per heavy atom. The lowest BCUT2D eigenvalue weighted by Crippen LogP contribution is -2.13. The number of thiophene rings is 1. The zero-order chi connectivity index (χ0) is 13.2. The molecule has 0 spiro atoms. The fourth-order valence-corrected chi connectivity index (χ4v) is 2.83. The smallest absolute Gasteiger partial charge is 0.231 e. The van der Waals surface area contributed by atoms with Gasteiger partial charge in [-0.25, -0.2) is 0 Å². The minimum Gasteiger partial charge on any atom is -0.300 e. The largest absolute Gasteiger partial charge is 0.300 e. The summed E-state index contributed by atoms with van der Waals surface area (Å²) < 4.78 is 0. The molecule has 1 amide bonds. The summed E-state index contributed by atoms with van der Waals surface area (Å²) in [6.07, 6.45) is 0.391. The second-order valence-corrected chi connectivity index (χ2v) is 6.98. The monoisotopic (exact) mass is 281 g/mol. The van der Waals surface area contributed by atoms with Crippen LogP contribution < -0.4 is 5.32 Å². The fourth-order valence-electron chi connectivity index (χ4n) is 1.31. The lowest BCUT2D eigenvalue weighted by molar-refractivity contribution is -0.115. The van der Waals surface area contributed by atoms with Gasteiger partial charge in [-0.1, -0.05) is 38.2 Å². The molecule has 0 radical (unpaired) electrons. The lowest BCUT2D eigenvalue weighted by atomic mass is 9.98. The topological polar surface area (TPSA) is 54.9 Å². The molecule has 6 heteroatoms. The van der Waals surface area contributed by atoms with Crippen LogP contribution in [0, 0.1) is 0 Å². The summed E-state index contributed by atoms with van der Waals surface area (Å²) in [6, 6.07) is 3.89. The highest BCUT2D eigenvalue weighted by Gasteiger charge is 2.20. The quantitative estimate of drug-likeness (QED) is 0.940. The molecule has 1 N–H and O–H groups in total. The Morgan fingerprint density at radius 2 is 2.17 bits per heavy atom. The number of nitrogens with one attached hydrogen (secondary N) is 1. The molecule has 0 saturated carbocycles. The van der Waals surface area contributed by atoms with Crippen LogP contribution in [0.25, 0.3) is 0 Å². The number of aromatic nitrogens is 2. The van der Waals surface area contributed by atoms with Gasteiger partial charge in [0.25, 0.3) is 0 Å². The highest BCUT2D eigenvalue weighted by molar-refractivity contribution is 7.15. The number of nitrogens with zero attached hydrogens (tertiary/aromatic N) is 2. The summed E-state index contributed by atoms with van der Waals surface area (Å²) in [5.74, 6) is -0.0472. The maximum atomic E-state index is 11.8. The molecular formula is C12H15N3OS2. The van der Waals surface area contributed by atoms with E-state index in [1.54, 1.807) is 11.3 Å². The predicted octanol–water partition coefficient (Wildman–Crippen LogP) is 3.08. The van der Waals surface area contributed by atoms with Crippen molar-refractivity contribution in [3.63, 3.8) is 0 Å². The Morgan fingerprint density at radius 3 is 2.72 bits per heavy atom. The van der Waals surface area contributed by atoms with Crippen molar-refractivity contribution < 1.29 is 4.79 Å². The first-order valence-electron chi connectivity index (χ1n) is 5.61. The van der Waals surface area contributed by atoms with Crippen molar-refractivity contribution >= 4 is 33.7 Å². The average Bonchev–Trinajstić information content (AvgIpc) is 2.87. The van der Waals surface area contributed by atoms with E-state index in [1.165, 1.54) is 11.3 Å². The Kier molecular flexibility index (Phi) is 3.77. The molecule has 2 aromatic heterocycles. The normalized spacial score (nSPS) is 11.5. The molecule has 2 aromatic rings. The Bertz CT molecular complexity index is 526. The molecule has 18 heavy (non-hydrogen) atoms. The summed E-state index contributed by atoms with van der Waals surface area (Å²) in [5.41, 5.74) is -0.0333. The first-order valence-corrected chi connectivity index (χ1v) is 7.31. The zero-order valence-corrected chi connectivity index (χ0v) is 12.2. The number of carbonyl (C=O) groups excluding carboxylic acids is 1. The molecule has 0 aliphatic carbocycles. The van der Waals surface area contributed by atoms with Gasteiger partial charge in [0.2, 0.25) is 11.0 Å². The number of amides is 1. The van der Waals surface area contributed by atoms with E-state index in [9.17, 15) is 4.79 Å². The van der Waals surface area contributed by atoms with E-state index in [4.69, 9.17) is 0 Å². The number of hydrogen-bond donors (Lipinski definition) is 1. The number of carbonyl (C=O) groups is 1. The van der Waals surface area contributed by atoms with Crippen molar-refractivity contribution in [2.24, 2.45) is 0 Å². The van der Waals surface area contributed by atoms with E-state index in [2.05, 4.69) is 36.3 Å². The van der Waals surface area contributed by atoms with Gasteiger partial charge in [0.1, 0.15) is 5.01 Å². The molecule has 0 aromatic carbocycles. The molecule has 0 aliphatic heterocycles. The van der Waals surface area contributed by atoms with Crippen LogP contribution in [0.1, 0.15) is 30.7 Å². The maximum absolute atomic E-state index is 11.8. The summed E-state index contributed by atoms with van der Waals surface area (Å²) in [6.45, 7) is 6.22. The molecule has 2 rings (SSSR count). The highest BCUT2D eigenvalue weighted by atomic mass is 32.1. The lowest BCUT2D eigenvalue weighted by Gasteiger charge is -2.12. The predicted molar refractivity (Wildman–Crippen MR) is 75.3 cm³/mol. The summed E-state index contributed by atoms with van der Waals surface area (Å²) >= 11 is 3.01. The van der Waals surface area contributed by atoms with Crippen LogP contribution in [0.4, 0.5) is 5.13 Å². The van der Waals surface area contributed by atoms with Gasteiger partial charge in [-0.3, -0.25) is 4.79 Å². The van der Waals surface area contributed by atoms with Crippen molar-refractivity contribution in [1.82, 2.24) is 10.2 Å². The Hall–Kier alpha value is -1.27. The zero-order valence-electron chi connectivity index (χ0n) is 10.6. The second-order valence-electron chi connectivity index (χ2n) is 4.97.